The number of ether oxygens (including phenoxy) is 3. The number of carbonyl (C=O) groups excluding carboxylic acids is 3. The van der Waals surface area contributed by atoms with Gasteiger partial charge in [0.2, 0.25) is 0 Å². The van der Waals surface area contributed by atoms with Gasteiger partial charge in [0.15, 0.2) is 6.10 Å². The molecule has 0 aromatic carbocycles. The Hall–Kier alpha value is -2.56. The molecule has 0 aromatic rings. The number of phosphoric ester groups is 1. The zero-order valence-corrected chi connectivity index (χ0v) is 45.9. The van der Waals surface area contributed by atoms with Gasteiger partial charge in [0.05, 0.1) is 19.8 Å². The van der Waals surface area contributed by atoms with E-state index in [-0.39, 0.29) is 25.9 Å². The van der Waals surface area contributed by atoms with Crippen LogP contribution in [0.5, 0.6) is 0 Å². The Morgan fingerprint density at radius 1 is 0.414 bits per heavy atom. The van der Waals surface area contributed by atoms with Crippen molar-refractivity contribution in [1.82, 2.24) is 0 Å². The van der Waals surface area contributed by atoms with Gasteiger partial charge in [-0.1, -0.05) is 217 Å². The normalized spacial score (nSPS) is 13.7. The molecular weight excluding hydrogens is 904 g/mol. The van der Waals surface area contributed by atoms with Crippen LogP contribution in [0.2, 0.25) is 0 Å². The van der Waals surface area contributed by atoms with Crippen molar-refractivity contribution in [2.45, 2.75) is 277 Å². The number of allylic oxidation sites excluding steroid dienone is 8. The number of aliphatic hydroxyl groups is 1. The molecule has 70 heavy (non-hydrogen) atoms. The molecule has 0 radical (unpaired) electrons. The van der Waals surface area contributed by atoms with Crippen molar-refractivity contribution >= 4 is 25.7 Å². The van der Waals surface area contributed by atoms with Crippen LogP contribution in [-0.2, 0) is 42.2 Å². The highest BCUT2D eigenvalue weighted by Gasteiger charge is 2.28. The zero-order valence-electron chi connectivity index (χ0n) is 45.0. The van der Waals surface area contributed by atoms with E-state index in [4.69, 9.17) is 23.3 Å². The average Bonchev–Trinajstić information content (AvgIpc) is 3.35. The van der Waals surface area contributed by atoms with Gasteiger partial charge in [0, 0.05) is 19.3 Å². The molecule has 0 spiro atoms. The van der Waals surface area contributed by atoms with Crippen LogP contribution in [0.4, 0.5) is 0 Å². The molecule has 0 rings (SSSR count). The first kappa shape index (κ1) is 67.4. The molecule has 0 amide bonds. The van der Waals surface area contributed by atoms with Crippen LogP contribution in [0.3, 0.4) is 0 Å². The Bertz CT molecular complexity index is 1360. The minimum atomic E-state index is -4.75. The summed E-state index contributed by atoms with van der Waals surface area (Å²) in [6.45, 7) is 4.51. The summed E-state index contributed by atoms with van der Waals surface area (Å²) in [7, 11) is -4.75. The van der Waals surface area contributed by atoms with Crippen LogP contribution in [0.25, 0.3) is 0 Å². The number of hydrogen-bond donors (Lipinski definition) is 2. The number of hydrogen-bond acceptors (Lipinski definition) is 10. The average molecular weight is 1010 g/mol. The van der Waals surface area contributed by atoms with E-state index in [0.717, 1.165) is 83.5 Å². The molecule has 0 aliphatic carbocycles. The molecule has 0 aliphatic heterocycles. The fourth-order valence-electron chi connectivity index (χ4n) is 7.90. The van der Waals surface area contributed by atoms with Crippen LogP contribution in [0.1, 0.15) is 265 Å². The van der Waals surface area contributed by atoms with E-state index in [1.165, 1.54) is 122 Å². The summed E-state index contributed by atoms with van der Waals surface area (Å²) in [5, 5.41) is 9.80. The van der Waals surface area contributed by atoms with E-state index >= 15 is 0 Å². The molecule has 2 N–H and O–H groups in total. The third-order valence-corrected chi connectivity index (χ3v) is 13.2. The Balaban J connectivity index is 4.72. The standard InChI is InChI=1S/C58H105O11P/c1-4-7-10-13-16-19-22-25-26-27-28-31-32-35-38-41-44-47-56(60)65-51-55(69-58(62)49-46-43-40-37-34-30-24-21-18-15-12-9-6-3)53-67-70(63,64)66-52-54(50-59)68-57(61)48-45-42-39-36-33-29-23-20-17-14-11-8-5-2/h9,12,18,21,25-26,30,34,54-55,59H,4-8,10-11,13-17,19-20,22-24,27-29,31-33,35-53H2,1-3H3,(H,63,64)/b12-9-,21-18-,26-25-,34-30-. The largest absolute Gasteiger partial charge is 0.472 e. The van der Waals surface area contributed by atoms with Crippen molar-refractivity contribution in [3.8, 4) is 0 Å². The van der Waals surface area contributed by atoms with Gasteiger partial charge in [-0.15, -0.1) is 0 Å². The van der Waals surface area contributed by atoms with Gasteiger partial charge in [0.1, 0.15) is 12.7 Å². The quantitative estimate of drug-likeness (QED) is 0.0197. The lowest BCUT2D eigenvalue weighted by Gasteiger charge is -2.21. The fourth-order valence-corrected chi connectivity index (χ4v) is 8.68. The number of aliphatic hydroxyl groups excluding tert-OH is 1. The SMILES string of the molecule is CC/C=C\C/C=C\C/C=C\CCCCCC(=O)OC(COC(=O)CCCCCCCCC/C=C\CCCCCCCC)COP(=O)(O)OCC(CO)OC(=O)CCCCCCCCCCCCCCC. The second kappa shape index (κ2) is 52.8. The molecule has 3 unspecified atom stereocenters. The van der Waals surface area contributed by atoms with E-state index in [2.05, 4.69) is 69.4 Å². The first-order valence-corrected chi connectivity index (χ1v) is 30.0. The summed E-state index contributed by atoms with van der Waals surface area (Å²) < 4.78 is 39.4. The maximum Gasteiger partial charge on any atom is 0.472 e. The van der Waals surface area contributed by atoms with Gasteiger partial charge in [-0.25, -0.2) is 4.57 Å². The molecule has 0 fully saturated rings. The maximum absolute atomic E-state index is 12.9. The molecule has 0 heterocycles. The molecule has 11 nitrogen and oxygen atoms in total. The summed E-state index contributed by atoms with van der Waals surface area (Å²) in [6.07, 6.45) is 55.0. The second-order valence-electron chi connectivity index (χ2n) is 19.1. The van der Waals surface area contributed by atoms with Crippen molar-refractivity contribution < 1.29 is 52.2 Å². The molecule has 3 atom stereocenters. The lowest BCUT2D eigenvalue weighted by atomic mass is 10.0. The molecule has 0 aromatic heterocycles. The summed E-state index contributed by atoms with van der Waals surface area (Å²) in [5.74, 6) is -1.49. The number of rotatable bonds is 53. The van der Waals surface area contributed by atoms with Crippen molar-refractivity contribution in [2.24, 2.45) is 0 Å². The zero-order chi connectivity index (χ0) is 51.3. The highest BCUT2D eigenvalue weighted by molar-refractivity contribution is 7.47. The maximum atomic E-state index is 12.9. The van der Waals surface area contributed by atoms with E-state index < -0.39 is 57.8 Å². The van der Waals surface area contributed by atoms with Crippen LogP contribution < -0.4 is 0 Å². The molecule has 12 heteroatoms. The van der Waals surface area contributed by atoms with E-state index in [1.54, 1.807) is 0 Å². The fraction of sp³-hybridized carbons (Fsp3) is 0.810. The van der Waals surface area contributed by atoms with E-state index in [9.17, 15) is 28.9 Å². The lowest BCUT2D eigenvalue weighted by molar-refractivity contribution is -0.161. The Morgan fingerprint density at radius 3 is 1.17 bits per heavy atom. The van der Waals surface area contributed by atoms with Crippen molar-refractivity contribution in [3.63, 3.8) is 0 Å². The Morgan fingerprint density at radius 2 is 0.743 bits per heavy atom. The third kappa shape index (κ3) is 50.4. The third-order valence-electron chi connectivity index (χ3n) is 12.2. The van der Waals surface area contributed by atoms with Crippen LogP contribution in [-0.4, -0.2) is 66.5 Å². The second-order valence-corrected chi connectivity index (χ2v) is 20.5. The number of carbonyl (C=O) groups is 3. The predicted octanol–water partition coefficient (Wildman–Crippen LogP) is 16.6. The molecule has 0 bridgehead atoms. The minimum absolute atomic E-state index is 0.133. The van der Waals surface area contributed by atoms with Gasteiger partial charge in [-0.3, -0.25) is 23.4 Å². The molecule has 408 valence electrons. The topological polar surface area (TPSA) is 155 Å². The number of phosphoric acid groups is 1. The van der Waals surface area contributed by atoms with Crippen molar-refractivity contribution in [3.05, 3.63) is 48.6 Å². The minimum Gasteiger partial charge on any atom is -0.462 e. The highest BCUT2D eigenvalue weighted by Crippen LogP contribution is 2.43. The Kier molecular flexibility index (Phi) is 50.8. The smallest absolute Gasteiger partial charge is 0.462 e. The van der Waals surface area contributed by atoms with Crippen LogP contribution in [0.15, 0.2) is 48.6 Å². The summed E-state index contributed by atoms with van der Waals surface area (Å²) in [5.41, 5.74) is 0. The molecule has 0 aliphatic rings. The van der Waals surface area contributed by atoms with Crippen molar-refractivity contribution in [1.29, 1.82) is 0 Å². The van der Waals surface area contributed by atoms with E-state index in [0.29, 0.717) is 19.3 Å². The molecule has 0 saturated carbocycles. The van der Waals surface area contributed by atoms with Gasteiger partial charge in [-0.2, -0.15) is 0 Å². The monoisotopic (exact) mass is 1010 g/mol. The summed E-state index contributed by atoms with van der Waals surface area (Å²) in [4.78, 5) is 48.4. The van der Waals surface area contributed by atoms with Crippen LogP contribution in [0, 0.1) is 0 Å². The Labute approximate surface area is 428 Å². The van der Waals surface area contributed by atoms with Gasteiger partial charge in [0.25, 0.3) is 0 Å². The summed E-state index contributed by atoms with van der Waals surface area (Å²) in [6, 6.07) is 0. The van der Waals surface area contributed by atoms with E-state index in [1.807, 2.05) is 0 Å². The number of esters is 3. The van der Waals surface area contributed by atoms with Gasteiger partial charge >= 0.3 is 25.7 Å². The lowest BCUT2D eigenvalue weighted by Crippen LogP contribution is -2.30. The van der Waals surface area contributed by atoms with Crippen LogP contribution >= 0.6 is 7.82 Å². The molecule has 0 saturated heterocycles. The predicted molar refractivity (Wildman–Crippen MR) is 289 cm³/mol. The first-order valence-electron chi connectivity index (χ1n) is 28.5. The van der Waals surface area contributed by atoms with Crippen molar-refractivity contribution in [2.75, 3.05) is 26.4 Å². The number of unbranched alkanes of at least 4 members (excludes halogenated alkanes) is 28. The van der Waals surface area contributed by atoms with Gasteiger partial charge in [-0.05, 0) is 77.0 Å². The summed E-state index contributed by atoms with van der Waals surface area (Å²) >= 11 is 0. The highest BCUT2D eigenvalue weighted by atomic mass is 31.2. The first-order chi connectivity index (χ1) is 34.2. The molecular formula is C58H105O11P. The van der Waals surface area contributed by atoms with Gasteiger partial charge < -0.3 is 24.2 Å².